The van der Waals surface area contributed by atoms with E-state index in [9.17, 15) is 57.5 Å². The summed E-state index contributed by atoms with van der Waals surface area (Å²) in [6.07, 6.45) is 56.5. The molecule has 4 saturated heterocycles. The number of carbonyl (C=O) groups excluding carboxylic acids is 12. The van der Waals surface area contributed by atoms with Crippen LogP contribution in [0.1, 0.15) is 326 Å². The maximum atomic E-state index is 12.7. The zero-order chi connectivity index (χ0) is 91.1. The van der Waals surface area contributed by atoms with Gasteiger partial charge in [0.15, 0.2) is 34.0 Å². The topological polar surface area (TPSA) is 251 Å². The Morgan fingerprint density at radius 2 is 1.00 bits per heavy atom. The molecular formula is C112H146O17S. The first-order valence-electron chi connectivity index (χ1n) is 52.2. The molecular weight excluding hydrogens is 1650 g/mol. The zero-order valence-corrected chi connectivity index (χ0v) is 80.5. The summed E-state index contributed by atoms with van der Waals surface area (Å²) in [5, 5.41) is 0.357. The van der Waals surface area contributed by atoms with Crippen LogP contribution in [0.15, 0.2) is 82.5 Å². The minimum Gasteiger partial charge on any atom is -0.469 e. The van der Waals surface area contributed by atoms with Crippen LogP contribution in [0.2, 0.25) is 0 Å². The van der Waals surface area contributed by atoms with Crippen molar-refractivity contribution in [2.24, 2.45) is 174 Å². The van der Waals surface area contributed by atoms with Crippen molar-refractivity contribution in [3.05, 3.63) is 82.5 Å². The van der Waals surface area contributed by atoms with E-state index in [4.69, 9.17) is 23.7 Å². The van der Waals surface area contributed by atoms with Gasteiger partial charge in [-0.2, -0.15) is 0 Å². The number of hydrogen-bond donors (Lipinski definition) is 0. The molecule has 20 fully saturated rings. The molecule has 25 rings (SSSR count). The van der Waals surface area contributed by atoms with E-state index in [0.717, 1.165) is 201 Å². The van der Waals surface area contributed by atoms with Crippen LogP contribution >= 0.6 is 11.8 Å². The number of hydrogen-bond acceptors (Lipinski definition) is 18. The molecule has 0 bridgehead atoms. The van der Waals surface area contributed by atoms with Gasteiger partial charge in [-0.15, -0.1) is 0 Å². The van der Waals surface area contributed by atoms with Crippen LogP contribution in [0.25, 0.3) is 0 Å². The fourth-order valence-corrected chi connectivity index (χ4v) is 39.0. The minimum atomic E-state index is -0.326. The normalized spacial score (nSPS) is 50.2. The highest BCUT2D eigenvalue weighted by Crippen LogP contribution is 2.83. The maximum absolute atomic E-state index is 12.7. The molecule has 17 nitrogen and oxygen atoms in total. The Kier molecular flexibility index (Phi) is 22.2. The van der Waals surface area contributed by atoms with Gasteiger partial charge in [0, 0.05) is 102 Å². The summed E-state index contributed by atoms with van der Waals surface area (Å²) in [5.41, 5.74) is 6.29. The van der Waals surface area contributed by atoms with Crippen LogP contribution < -0.4 is 0 Å². The Balaban J connectivity index is 0.0000000987. The largest absolute Gasteiger partial charge is 0.469 e. The van der Waals surface area contributed by atoms with E-state index in [1.54, 1.807) is 13.0 Å². The summed E-state index contributed by atoms with van der Waals surface area (Å²) in [5.74, 6) is 14.5. The third-order valence-electron chi connectivity index (χ3n) is 44.6. The highest BCUT2D eigenvalue weighted by molar-refractivity contribution is 8.14. The molecule has 130 heavy (non-hydrogen) atoms. The summed E-state index contributed by atoms with van der Waals surface area (Å²) in [6.45, 7) is 22.7. The van der Waals surface area contributed by atoms with E-state index < -0.39 is 0 Å². The van der Waals surface area contributed by atoms with Crippen molar-refractivity contribution in [1.29, 1.82) is 0 Å². The lowest BCUT2D eigenvalue weighted by Crippen LogP contribution is -2.57. The Morgan fingerprint density at radius 3 is 1.68 bits per heavy atom. The maximum Gasteiger partial charge on any atom is 0.309 e. The summed E-state index contributed by atoms with van der Waals surface area (Å²) in [4.78, 5) is 145. The van der Waals surface area contributed by atoms with Crippen molar-refractivity contribution >= 4 is 81.4 Å². The monoisotopic (exact) mass is 1800 g/mol. The van der Waals surface area contributed by atoms with Crippen LogP contribution in [0.5, 0.6) is 0 Å². The van der Waals surface area contributed by atoms with Gasteiger partial charge in [0.2, 0.25) is 0 Å². The molecule has 0 radical (unpaired) electrons. The Bertz CT molecular complexity index is 5050. The van der Waals surface area contributed by atoms with Crippen molar-refractivity contribution in [3.8, 4) is 0 Å². The molecule has 702 valence electrons. The van der Waals surface area contributed by atoms with E-state index in [-0.39, 0.29) is 136 Å². The summed E-state index contributed by atoms with van der Waals surface area (Å²) >= 11 is 1.47. The number of esters is 5. The number of allylic oxidation sites excluding steroid dienone is 13. The van der Waals surface area contributed by atoms with Crippen molar-refractivity contribution in [3.63, 3.8) is 0 Å². The first-order chi connectivity index (χ1) is 61.9. The zero-order valence-electron chi connectivity index (χ0n) is 79.7. The molecule has 25 unspecified atom stereocenters. The quantitative estimate of drug-likeness (QED) is 0.184. The van der Waals surface area contributed by atoms with Gasteiger partial charge < -0.3 is 23.7 Å². The van der Waals surface area contributed by atoms with Crippen molar-refractivity contribution in [2.75, 3.05) is 7.11 Å². The highest BCUT2D eigenvalue weighted by atomic mass is 32.2. The number of ether oxygens (including phenoxy) is 5. The molecule has 0 N–H and O–H groups in total. The molecule has 0 aromatic carbocycles. The summed E-state index contributed by atoms with van der Waals surface area (Å²) in [6, 6.07) is 0. The molecule has 4 spiro atoms. The van der Waals surface area contributed by atoms with Gasteiger partial charge in [-0.1, -0.05) is 114 Å². The molecule has 21 aliphatic carbocycles. The lowest BCUT2D eigenvalue weighted by atomic mass is 9.46. The van der Waals surface area contributed by atoms with Crippen molar-refractivity contribution < 1.29 is 81.2 Å². The number of ketones is 6. The second kappa shape index (κ2) is 32.1. The predicted octanol–water partition coefficient (Wildman–Crippen LogP) is 21.2. The van der Waals surface area contributed by atoms with Gasteiger partial charge >= 0.3 is 29.8 Å². The first-order valence-corrected chi connectivity index (χ1v) is 53.0. The van der Waals surface area contributed by atoms with Gasteiger partial charge in [-0.05, 0) is 377 Å². The van der Waals surface area contributed by atoms with E-state index in [2.05, 4.69) is 74.5 Å². The molecule has 16 saturated carbocycles. The Labute approximate surface area is 775 Å². The van der Waals surface area contributed by atoms with Crippen LogP contribution in [0, 0.1) is 174 Å². The third-order valence-corrected chi connectivity index (χ3v) is 45.7. The molecule has 25 aliphatic rings. The second-order valence-electron chi connectivity index (χ2n) is 49.0. The lowest BCUT2D eigenvalue weighted by molar-refractivity contribution is -0.176. The molecule has 0 aromatic rings. The van der Waals surface area contributed by atoms with Gasteiger partial charge in [0.05, 0.1) is 13.0 Å². The summed E-state index contributed by atoms with van der Waals surface area (Å²) < 4.78 is 29.3. The van der Waals surface area contributed by atoms with Crippen LogP contribution in [-0.4, -0.2) is 104 Å². The average molecular weight is 1800 g/mol. The molecule has 18 heteroatoms. The summed E-state index contributed by atoms with van der Waals surface area (Å²) in [7, 11) is 1.47. The SMILES string of the molecule is CC(=O)S[C@@H]1CC2=CC(=O)C=C[C@]2(C)C2CC[C@@]3(C)C(CCC34CCC(=O)O4)C21.CC1C(=O)CCC2C1CC1C2CCC2=CC(=O)CCC21C.COC(=O)[C@@H]1CC2=CC(=O)CC[C@]2(C)C2CC[C@H](C)C3(CCCC21)CCC(=O)O3.C[C@]12C=CC(=O)C=C1C1CC1C1C2CC[C@@]2(C)C1C1CC1C21CCC(=O)O1.C[C@]12CCC3C(CCC4=CC(=O)CC[C@@H]43)C1CCC21CCC(=O)O1. The van der Waals surface area contributed by atoms with Gasteiger partial charge in [0.25, 0.3) is 0 Å². The van der Waals surface area contributed by atoms with Crippen molar-refractivity contribution in [1.82, 2.24) is 0 Å². The van der Waals surface area contributed by atoms with E-state index in [0.29, 0.717) is 133 Å². The van der Waals surface area contributed by atoms with Gasteiger partial charge in [-0.25, -0.2) is 0 Å². The Hall–Kier alpha value is -6.43. The number of thioether (sulfide) groups is 1. The van der Waals surface area contributed by atoms with E-state index in [1.807, 2.05) is 36.5 Å². The number of fused-ring (bicyclic) bond motifs is 32. The molecule has 0 aromatic heterocycles. The van der Waals surface area contributed by atoms with Crippen LogP contribution in [0.3, 0.4) is 0 Å². The fraction of sp³-hybridized carbons (Fsp3) is 0.768. The van der Waals surface area contributed by atoms with Crippen LogP contribution in [-0.2, 0) is 81.2 Å². The number of carbonyl (C=O) groups is 12. The lowest BCUT2D eigenvalue weighted by Gasteiger charge is -2.60. The third kappa shape index (κ3) is 13.7. The second-order valence-corrected chi connectivity index (χ2v) is 50.4. The Morgan fingerprint density at radius 1 is 0.408 bits per heavy atom. The number of methoxy groups -OCH3 is 1. The average Bonchev–Trinajstić information content (AvgIpc) is 1.47. The van der Waals surface area contributed by atoms with Gasteiger partial charge in [0.1, 0.15) is 28.2 Å². The predicted molar refractivity (Wildman–Crippen MR) is 491 cm³/mol. The van der Waals surface area contributed by atoms with Crippen molar-refractivity contribution in [2.45, 2.75) is 354 Å². The van der Waals surface area contributed by atoms with Gasteiger partial charge in [-0.3, -0.25) is 57.5 Å². The smallest absolute Gasteiger partial charge is 0.309 e. The number of rotatable bonds is 2. The molecule has 4 aliphatic heterocycles. The van der Waals surface area contributed by atoms with E-state index in [1.165, 1.54) is 105 Å². The first kappa shape index (κ1) is 90.1. The number of Topliss-reactive ketones (excluding diaryl/α,β-unsaturated/α-hetero) is 1. The minimum absolute atomic E-state index is 0.0122. The highest BCUT2D eigenvalue weighted by Gasteiger charge is 2.82. The standard InChI is InChI=1S/C24H34O5.C24H30O4S.C24H28O3.C21H28O3.C19H26O2/c1-15-6-7-20-18(5-4-10-24(15)12-9-21(26)29-24)19(22(27)28-3)14-16-13-17(25)8-11-23(16,20)2;1-14(25)29-19-13-15-12-16(26)4-8-22(15,2)17-5-9-23(3)18(21(17)19)6-10-24(23)11-7-20(27)28-24;1-22-6-3-12(25)9-17(22)13-10-14(13)20-16(22)4-7-23(2)21(20)15-11-18(15)24(23)8-5-19(26)27-24;1-20-9-6-16-15-5-3-14(22)12-13(15)2-4-17(16)18(20)7-10-21(20)11-8-19(23)24-21;1-11-16-10-17-15(14(16)5-6-18(11)21)4-3-12-9-13(20)7-8-19(12,17)2/h13,15,18-20H,4-12,14H2,1-3H3;4,8,12,17-19,21H,5-7,9-11,13H2,1-3H3;3,6,9,13-16,18,20-21H,4-5,7-8,10-11H2,1-2H3;12,15-18H,2-11H2,1H3;9,11,14-17H,3-8,10H2,1-2H3/t15-,18?,19+,20?,23-,24?;17?,18?,19-,21?,22+,23+,24?;13?,14?,15?,16?,18?,20?,21?,22-,23+,24?;15-,16?,17?,18?,20-,21?;/m0110./s1. The van der Waals surface area contributed by atoms with Crippen LogP contribution in [0.4, 0.5) is 0 Å². The molecule has 0 amide bonds. The molecule has 4 heterocycles. The fourth-order valence-electron chi connectivity index (χ4n) is 37.8. The molecule has 35 atom stereocenters. The van der Waals surface area contributed by atoms with E-state index >= 15 is 0 Å².